The average molecular weight is 688 g/mol. The molecule has 1 saturated heterocycles. The van der Waals surface area contributed by atoms with Gasteiger partial charge in [0.15, 0.2) is 0 Å². The minimum absolute atomic E-state index is 0.0145. The van der Waals surface area contributed by atoms with Crippen LogP contribution in [0, 0.1) is 5.92 Å². The molecule has 0 aliphatic carbocycles. The number of carbonyl (C=O) groups is 6. The van der Waals surface area contributed by atoms with Crippen molar-refractivity contribution in [1.29, 1.82) is 0 Å². The average Bonchev–Trinajstić information content (AvgIpc) is 3.44. The highest BCUT2D eigenvalue weighted by Crippen LogP contribution is 2.24. The first kappa shape index (κ1) is 40.2. The minimum Gasteiger partial charge on any atom is -0.508 e. The summed E-state index contributed by atoms with van der Waals surface area (Å²) in [7, 11) is 0. The summed E-state index contributed by atoms with van der Waals surface area (Å²) >= 11 is 0. The van der Waals surface area contributed by atoms with E-state index in [0.29, 0.717) is 11.8 Å². The van der Waals surface area contributed by atoms with Crippen LogP contribution in [0.2, 0.25) is 0 Å². The van der Waals surface area contributed by atoms with Crippen LogP contribution in [0.5, 0.6) is 5.75 Å². The number of nitrogens with one attached hydrogen (secondary N) is 4. The molecule has 16 heteroatoms. The highest BCUT2D eigenvalue weighted by molar-refractivity contribution is 5.95. The zero-order chi connectivity index (χ0) is 36.9. The van der Waals surface area contributed by atoms with E-state index in [2.05, 4.69) is 33.1 Å². The first-order valence-electron chi connectivity index (χ1n) is 15.9. The third-order valence-corrected chi connectivity index (χ3v) is 7.20. The predicted octanol–water partition coefficient (Wildman–Crippen LogP) is 0.623. The zero-order valence-corrected chi connectivity index (χ0v) is 28.9. The van der Waals surface area contributed by atoms with Crippen molar-refractivity contribution in [2.24, 2.45) is 16.8 Å². The summed E-state index contributed by atoms with van der Waals surface area (Å²) in [5.41, 5.74) is 7.07. The second-order valence-corrected chi connectivity index (χ2v) is 13.0. The SMILES string of the molecule is C=CCO[C@@H]1C[C@@H](C(=O)N[C@H](C=O)CC(=NNC(N)=O)OC(C)(C)C)N(C(=O)[C@@H](NC(=O)[C@H](Cc2ccc(O)cc2)NC(C)=O)C(C)C)C1. The van der Waals surface area contributed by atoms with Gasteiger partial charge in [0.2, 0.25) is 29.5 Å². The maximum atomic E-state index is 14.1. The Bertz CT molecular complexity index is 1380. The number of hydrazone groups is 1. The van der Waals surface area contributed by atoms with Crippen LogP contribution in [0.25, 0.3) is 0 Å². The maximum Gasteiger partial charge on any atom is 0.332 e. The van der Waals surface area contributed by atoms with Crippen molar-refractivity contribution in [3.05, 3.63) is 42.5 Å². The van der Waals surface area contributed by atoms with E-state index >= 15 is 0 Å². The monoisotopic (exact) mass is 687 g/mol. The minimum atomic E-state index is -1.16. The summed E-state index contributed by atoms with van der Waals surface area (Å²) in [6.45, 7) is 13.7. The molecule has 1 heterocycles. The van der Waals surface area contributed by atoms with Crippen molar-refractivity contribution in [3.63, 3.8) is 0 Å². The number of ether oxygens (including phenoxy) is 2. The number of nitrogens with zero attached hydrogens (tertiary/aromatic N) is 2. The van der Waals surface area contributed by atoms with Crippen LogP contribution in [0.15, 0.2) is 42.0 Å². The molecule has 1 fully saturated rings. The molecule has 16 nitrogen and oxygen atoms in total. The quantitative estimate of drug-likeness (QED) is 0.0470. The Balaban J connectivity index is 2.32. The molecule has 6 amide bonds. The lowest BCUT2D eigenvalue weighted by atomic mass is 10.00. The summed E-state index contributed by atoms with van der Waals surface area (Å²) in [5.74, 6) is -2.77. The Hall–Kier alpha value is -4.99. The fraction of sp³-hybridized carbons (Fsp3) is 0.545. The maximum absolute atomic E-state index is 14.1. The number of aldehydes is 1. The summed E-state index contributed by atoms with van der Waals surface area (Å²) in [5, 5.41) is 21.4. The van der Waals surface area contributed by atoms with Gasteiger partial charge in [0.1, 0.15) is 35.8 Å². The number of likely N-dealkylation sites (tertiary alicyclic amines) is 1. The van der Waals surface area contributed by atoms with E-state index in [4.69, 9.17) is 15.2 Å². The standard InChI is InChI=1S/C33H49N7O9/c1-8-13-48-24-16-26(30(45)36-22(18-41)15-27(38-39-32(34)47)49-33(5,6)7)40(17-24)31(46)28(19(2)3)37-29(44)25(35-20(4)42)14-21-9-11-23(43)12-10-21/h8-12,18-19,22,24-26,28,43H,1,13-17H2,2-7H3,(H,35,42)(H,36,45)(H,37,44)(H3,34,39,47)/t22-,24+,25-,26-,28-/m0/s1. The van der Waals surface area contributed by atoms with Crippen LogP contribution < -0.4 is 27.1 Å². The van der Waals surface area contributed by atoms with Gasteiger partial charge in [-0.2, -0.15) is 0 Å². The van der Waals surface area contributed by atoms with Gasteiger partial charge < -0.3 is 46.0 Å². The number of aromatic hydroxyl groups is 1. The molecule has 1 aliphatic rings. The van der Waals surface area contributed by atoms with Crippen LogP contribution in [0.4, 0.5) is 4.79 Å². The van der Waals surface area contributed by atoms with E-state index in [0.717, 1.165) is 0 Å². The Morgan fingerprint density at radius 1 is 1.12 bits per heavy atom. The van der Waals surface area contributed by atoms with E-state index < -0.39 is 71.5 Å². The number of phenols is 1. The van der Waals surface area contributed by atoms with E-state index in [1.165, 1.54) is 30.0 Å². The van der Waals surface area contributed by atoms with Crippen LogP contribution in [-0.2, 0) is 39.9 Å². The van der Waals surface area contributed by atoms with Crippen LogP contribution in [0.1, 0.15) is 59.9 Å². The second kappa shape index (κ2) is 18.5. The normalized spacial score (nSPS) is 18.1. The smallest absolute Gasteiger partial charge is 0.332 e. The van der Waals surface area contributed by atoms with Gasteiger partial charge in [0, 0.05) is 26.3 Å². The predicted molar refractivity (Wildman–Crippen MR) is 180 cm³/mol. The number of urea groups is 1. The third-order valence-electron chi connectivity index (χ3n) is 7.20. The van der Waals surface area contributed by atoms with E-state index in [1.54, 1.807) is 46.8 Å². The number of rotatable bonds is 16. The van der Waals surface area contributed by atoms with Crippen molar-refractivity contribution in [1.82, 2.24) is 26.3 Å². The Labute approximate surface area is 286 Å². The number of amides is 6. The van der Waals surface area contributed by atoms with Crippen LogP contribution in [0.3, 0.4) is 0 Å². The lowest BCUT2D eigenvalue weighted by molar-refractivity contribution is -0.143. The van der Waals surface area contributed by atoms with Gasteiger partial charge in [0.25, 0.3) is 0 Å². The molecule has 0 bridgehead atoms. The summed E-state index contributed by atoms with van der Waals surface area (Å²) < 4.78 is 11.5. The molecule has 1 aromatic carbocycles. The lowest BCUT2D eigenvalue weighted by Gasteiger charge is -2.32. The van der Waals surface area contributed by atoms with Crippen molar-refractivity contribution < 1.29 is 43.3 Å². The zero-order valence-electron chi connectivity index (χ0n) is 28.9. The number of primary amides is 1. The van der Waals surface area contributed by atoms with Gasteiger partial charge >= 0.3 is 6.03 Å². The third kappa shape index (κ3) is 13.6. The topological polar surface area (TPSA) is 231 Å². The van der Waals surface area contributed by atoms with E-state index in [9.17, 15) is 33.9 Å². The van der Waals surface area contributed by atoms with Crippen LogP contribution in [-0.4, -0.2) is 101 Å². The molecule has 0 spiro atoms. The van der Waals surface area contributed by atoms with Gasteiger partial charge in [-0.05, 0) is 44.4 Å². The Kier molecular flexibility index (Phi) is 15.2. The van der Waals surface area contributed by atoms with Crippen molar-refractivity contribution in [3.8, 4) is 5.75 Å². The fourth-order valence-corrected chi connectivity index (χ4v) is 5.06. The van der Waals surface area contributed by atoms with Gasteiger partial charge in [0.05, 0.1) is 25.2 Å². The number of carbonyl (C=O) groups excluding carboxylic acids is 6. The van der Waals surface area contributed by atoms with E-state index in [1.807, 2.05) is 0 Å². The molecule has 0 aromatic heterocycles. The number of benzene rings is 1. The van der Waals surface area contributed by atoms with Gasteiger partial charge in [-0.1, -0.05) is 32.1 Å². The fourth-order valence-electron chi connectivity index (χ4n) is 5.06. The molecule has 0 unspecified atom stereocenters. The molecule has 7 N–H and O–H groups in total. The lowest BCUT2D eigenvalue weighted by Crippen LogP contribution is -2.59. The molecule has 270 valence electrons. The van der Waals surface area contributed by atoms with E-state index in [-0.39, 0.29) is 44.1 Å². The number of hydrogen-bond donors (Lipinski definition) is 6. The highest BCUT2D eigenvalue weighted by atomic mass is 16.5. The molecular weight excluding hydrogens is 638 g/mol. The molecular formula is C33H49N7O9. The molecule has 5 atom stereocenters. The van der Waals surface area contributed by atoms with Crippen molar-refractivity contribution in [2.75, 3.05) is 13.2 Å². The van der Waals surface area contributed by atoms with Crippen molar-refractivity contribution >= 4 is 41.8 Å². The second-order valence-electron chi connectivity index (χ2n) is 13.0. The molecule has 0 saturated carbocycles. The molecule has 1 aromatic rings. The Morgan fingerprint density at radius 2 is 1.78 bits per heavy atom. The summed E-state index contributed by atoms with van der Waals surface area (Å²) in [4.78, 5) is 77.9. The Morgan fingerprint density at radius 3 is 2.31 bits per heavy atom. The first-order chi connectivity index (χ1) is 22.9. The largest absolute Gasteiger partial charge is 0.508 e. The highest BCUT2D eigenvalue weighted by Gasteiger charge is 2.44. The number of hydrogen-bond acceptors (Lipinski definition) is 10. The molecule has 1 aliphatic heterocycles. The van der Waals surface area contributed by atoms with Gasteiger partial charge in [-0.15, -0.1) is 11.7 Å². The summed E-state index contributed by atoms with van der Waals surface area (Å²) in [6.07, 6.45) is 1.39. The van der Waals surface area contributed by atoms with Crippen LogP contribution >= 0.6 is 0 Å². The summed E-state index contributed by atoms with van der Waals surface area (Å²) in [6, 6.07) is 0.808. The molecule has 2 rings (SSSR count). The molecule has 49 heavy (non-hydrogen) atoms. The van der Waals surface area contributed by atoms with Gasteiger partial charge in [-0.25, -0.2) is 10.2 Å². The van der Waals surface area contributed by atoms with Gasteiger partial charge in [-0.3, -0.25) is 19.2 Å². The first-order valence-corrected chi connectivity index (χ1v) is 15.9. The number of phenolic OH excluding ortho intramolecular Hbond substituents is 1. The molecule has 0 radical (unpaired) electrons. The van der Waals surface area contributed by atoms with Crippen molar-refractivity contribution in [2.45, 2.75) is 96.7 Å². The number of nitrogens with two attached hydrogens (primary N) is 1.